The largest absolute Gasteiger partial charge is 0.489 e. The van der Waals surface area contributed by atoms with Gasteiger partial charge < -0.3 is 14.3 Å². The maximum absolute atomic E-state index is 13.4. The number of hydrogen-bond acceptors (Lipinski definition) is 6. The van der Waals surface area contributed by atoms with Gasteiger partial charge in [0.25, 0.3) is 0 Å². The number of carbonyl (C=O) groups excluding carboxylic acids is 2. The van der Waals surface area contributed by atoms with Gasteiger partial charge in [-0.1, -0.05) is 19.4 Å². The van der Waals surface area contributed by atoms with E-state index in [0.717, 1.165) is 24.7 Å². The summed E-state index contributed by atoms with van der Waals surface area (Å²) in [5, 5.41) is 0. The quantitative estimate of drug-likeness (QED) is 0.307. The van der Waals surface area contributed by atoms with Gasteiger partial charge in [-0.05, 0) is 57.2 Å². The smallest absolute Gasteiger partial charge is 0.324 e. The summed E-state index contributed by atoms with van der Waals surface area (Å²) in [5.41, 5.74) is 0.860. The molecule has 1 aliphatic heterocycles. The molecule has 0 spiro atoms. The molecule has 7 nitrogen and oxygen atoms in total. The topological polar surface area (TPSA) is 90.0 Å². The molecule has 0 aromatic heterocycles. The molecule has 1 aliphatic rings. The molecule has 2 atom stereocenters. The van der Waals surface area contributed by atoms with Crippen LogP contribution in [0.5, 0.6) is 5.75 Å². The zero-order chi connectivity index (χ0) is 21.4. The van der Waals surface area contributed by atoms with E-state index < -0.39 is 22.0 Å². The van der Waals surface area contributed by atoms with E-state index in [1.807, 2.05) is 13.8 Å². The molecule has 0 unspecified atom stereocenters. The molecular formula is C21H31NO6S. The highest BCUT2D eigenvalue weighted by Crippen LogP contribution is 2.33. The Labute approximate surface area is 173 Å². The molecule has 0 aliphatic carbocycles. The van der Waals surface area contributed by atoms with Crippen LogP contribution in [0.15, 0.2) is 23.1 Å². The fraction of sp³-hybridized carbons (Fsp3) is 0.619. The Hall–Kier alpha value is -1.93. The number of esters is 1. The van der Waals surface area contributed by atoms with Crippen molar-refractivity contribution in [2.24, 2.45) is 0 Å². The van der Waals surface area contributed by atoms with Crippen LogP contribution in [-0.2, 0) is 24.3 Å². The summed E-state index contributed by atoms with van der Waals surface area (Å²) in [6, 6.07) is 4.10. The third-order valence-electron chi connectivity index (χ3n) is 4.92. The van der Waals surface area contributed by atoms with Crippen LogP contribution in [-0.4, -0.2) is 50.3 Å². The Bertz CT molecular complexity index is 807. The third kappa shape index (κ3) is 6.02. The molecule has 1 saturated heterocycles. The molecule has 29 heavy (non-hydrogen) atoms. The van der Waals surface area contributed by atoms with Crippen LogP contribution < -0.4 is 4.74 Å². The van der Waals surface area contributed by atoms with Crippen molar-refractivity contribution in [2.75, 3.05) is 13.2 Å². The number of ether oxygens (including phenoxy) is 2. The van der Waals surface area contributed by atoms with E-state index in [9.17, 15) is 18.0 Å². The van der Waals surface area contributed by atoms with Crippen molar-refractivity contribution in [3.63, 3.8) is 0 Å². The molecule has 0 saturated carbocycles. The van der Waals surface area contributed by atoms with Gasteiger partial charge in [0.1, 0.15) is 23.0 Å². The number of carbonyl (C=O) groups is 2. The predicted molar refractivity (Wildman–Crippen MR) is 109 cm³/mol. The average molecular weight is 426 g/mol. The highest BCUT2D eigenvalue weighted by Gasteiger charge is 2.41. The van der Waals surface area contributed by atoms with E-state index in [1.165, 1.54) is 10.4 Å². The van der Waals surface area contributed by atoms with Crippen molar-refractivity contribution in [2.45, 2.75) is 76.3 Å². The number of hydrogen-bond donors (Lipinski definition) is 0. The lowest BCUT2D eigenvalue weighted by molar-refractivity contribution is -0.147. The average Bonchev–Trinajstić information content (AvgIpc) is 3.17. The monoisotopic (exact) mass is 425 g/mol. The van der Waals surface area contributed by atoms with E-state index in [4.69, 9.17) is 9.47 Å². The van der Waals surface area contributed by atoms with Crippen LogP contribution in [0.25, 0.3) is 0 Å². The van der Waals surface area contributed by atoms with Gasteiger partial charge in [-0.25, -0.2) is 8.42 Å². The first kappa shape index (κ1) is 23.3. The SMILES string of the molecule is CCCCOC(=O)[C@@H]1CCCN1S(=O)(=O)c1ccc(C)cc1O[C@H](C)CCC=O. The molecule has 1 heterocycles. The minimum atomic E-state index is -3.94. The molecule has 0 bridgehead atoms. The molecule has 0 N–H and O–H groups in total. The Balaban J connectivity index is 2.27. The van der Waals surface area contributed by atoms with Crippen molar-refractivity contribution in [1.82, 2.24) is 4.31 Å². The zero-order valence-electron chi connectivity index (χ0n) is 17.4. The molecule has 0 amide bonds. The van der Waals surface area contributed by atoms with E-state index in [2.05, 4.69) is 0 Å². The van der Waals surface area contributed by atoms with Crippen molar-refractivity contribution in [1.29, 1.82) is 0 Å². The van der Waals surface area contributed by atoms with E-state index >= 15 is 0 Å². The fourth-order valence-electron chi connectivity index (χ4n) is 3.30. The van der Waals surface area contributed by atoms with E-state index in [-0.39, 0.29) is 23.3 Å². The van der Waals surface area contributed by atoms with Gasteiger partial charge >= 0.3 is 5.97 Å². The molecule has 162 valence electrons. The molecule has 1 aromatic carbocycles. The number of aryl methyl sites for hydroxylation is 1. The highest BCUT2D eigenvalue weighted by atomic mass is 32.2. The Morgan fingerprint density at radius 2 is 2.14 bits per heavy atom. The van der Waals surface area contributed by atoms with Crippen LogP contribution in [0.1, 0.15) is 57.9 Å². The normalized spacial score (nSPS) is 18.4. The van der Waals surface area contributed by atoms with Gasteiger partial charge in [0, 0.05) is 13.0 Å². The Morgan fingerprint density at radius 1 is 1.38 bits per heavy atom. The summed E-state index contributed by atoms with van der Waals surface area (Å²) in [5.74, 6) is -0.248. The van der Waals surface area contributed by atoms with Crippen molar-refractivity contribution < 1.29 is 27.5 Å². The van der Waals surface area contributed by atoms with Gasteiger partial charge in [0.2, 0.25) is 10.0 Å². The predicted octanol–water partition coefficient (Wildman–Crippen LogP) is 3.24. The summed E-state index contributed by atoms with van der Waals surface area (Å²) >= 11 is 0. The Morgan fingerprint density at radius 3 is 2.83 bits per heavy atom. The van der Waals surface area contributed by atoms with Gasteiger partial charge in [-0.15, -0.1) is 0 Å². The second-order valence-corrected chi connectivity index (χ2v) is 9.28. The number of aldehydes is 1. The van der Waals surface area contributed by atoms with Crippen LogP contribution in [0.3, 0.4) is 0 Å². The lowest BCUT2D eigenvalue weighted by Crippen LogP contribution is -2.41. The number of sulfonamides is 1. The Kier molecular flexibility index (Phi) is 8.64. The molecule has 2 rings (SSSR count). The zero-order valence-corrected chi connectivity index (χ0v) is 18.2. The van der Waals surface area contributed by atoms with Gasteiger partial charge in [-0.2, -0.15) is 4.31 Å². The first-order chi connectivity index (χ1) is 13.8. The molecule has 1 fully saturated rings. The molecule has 1 aromatic rings. The molecular weight excluding hydrogens is 394 g/mol. The van der Waals surface area contributed by atoms with Crippen LogP contribution >= 0.6 is 0 Å². The summed E-state index contributed by atoms with van der Waals surface area (Å²) in [7, 11) is -3.94. The van der Waals surface area contributed by atoms with Crippen molar-refractivity contribution in [3.05, 3.63) is 23.8 Å². The van der Waals surface area contributed by atoms with Gasteiger partial charge in [0.15, 0.2) is 0 Å². The number of rotatable bonds is 11. The standard InChI is InChI=1S/C21H31NO6S/c1-4-5-14-27-21(24)18-9-6-12-22(18)29(25,26)20-11-10-16(2)15-19(20)28-17(3)8-7-13-23/h10-11,13,15,17-18H,4-9,12,14H2,1-3H3/t17-,18+/m1/s1. The summed E-state index contributed by atoms with van der Waals surface area (Å²) in [4.78, 5) is 23.1. The fourth-order valence-corrected chi connectivity index (χ4v) is 5.05. The first-order valence-electron chi connectivity index (χ1n) is 10.2. The van der Waals surface area contributed by atoms with Gasteiger partial charge in [-0.3, -0.25) is 4.79 Å². The van der Waals surface area contributed by atoms with Crippen molar-refractivity contribution in [3.8, 4) is 5.75 Å². The summed E-state index contributed by atoms with van der Waals surface area (Å²) in [6.45, 7) is 6.21. The van der Waals surface area contributed by atoms with Gasteiger partial charge in [0.05, 0.1) is 12.7 Å². The van der Waals surface area contributed by atoms with Crippen LogP contribution in [0.4, 0.5) is 0 Å². The third-order valence-corrected chi connectivity index (χ3v) is 6.87. The van der Waals surface area contributed by atoms with E-state index in [1.54, 1.807) is 19.1 Å². The lowest BCUT2D eigenvalue weighted by Gasteiger charge is -2.25. The second kappa shape index (κ2) is 10.7. The summed E-state index contributed by atoms with van der Waals surface area (Å²) in [6.07, 6.45) is 4.02. The lowest BCUT2D eigenvalue weighted by atomic mass is 10.2. The summed E-state index contributed by atoms with van der Waals surface area (Å²) < 4.78 is 39.2. The number of unbranched alkanes of at least 4 members (excludes halogenated alkanes) is 1. The van der Waals surface area contributed by atoms with Crippen LogP contribution in [0, 0.1) is 6.92 Å². The maximum atomic E-state index is 13.4. The van der Waals surface area contributed by atoms with Crippen molar-refractivity contribution >= 4 is 22.3 Å². The van der Waals surface area contributed by atoms with E-state index in [0.29, 0.717) is 32.3 Å². The second-order valence-electron chi connectivity index (χ2n) is 7.42. The molecule has 0 radical (unpaired) electrons. The number of benzene rings is 1. The minimum absolute atomic E-state index is 0.0364. The minimum Gasteiger partial charge on any atom is -0.489 e. The highest BCUT2D eigenvalue weighted by molar-refractivity contribution is 7.89. The maximum Gasteiger partial charge on any atom is 0.324 e. The number of nitrogens with zero attached hydrogens (tertiary/aromatic N) is 1. The van der Waals surface area contributed by atoms with Crippen LogP contribution in [0.2, 0.25) is 0 Å². The molecule has 8 heteroatoms. The first-order valence-corrected chi connectivity index (χ1v) is 11.6.